The summed E-state index contributed by atoms with van der Waals surface area (Å²) < 4.78 is 18.7. The average Bonchev–Trinajstić information content (AvgIpc) is 2.48. The van der Waals surface area contributed by atoms with E-state index in [0.717, 1.165) is 0 Å². The molecule has 2 aromatic rings. The van der Waals surface area contributed by atoms with Crippen LogP contribution in [0.5, 0.6) is 5.75 Å². The first-order chi connectivity index (χ1) is 10.5. The highest BCUT2D eigenvalue weighted by atomic mass is 79.9. The van der Waals surface area contributed by atoms with E-state index in [1.807, 2.05) is 0 Å². The maximum absolute atomic E-state index is 13.0. The van der Waals surface area contributed by atoms with E-state index in [4.69, 9.17) is 4.74 Å². The van der Waals surface area contributed by atoms with Crippen molar-refractivity contribution < 1.29 is 18.7 Å². The van der Waals surface area contributed by atoms with Gasteiger partial charge in [-0.15, -0.1) is 0 Å². The number of halogens is 2. The van der Waals surface area contributed by atoms with Gasteiger partial charge >= 0.3 is 0 Å². The zero-order valence-corrected chi connectivity index (χ0v) is 13.3. The Kier molecular flexibility index (Phi) is 5.27. The minimum Gasteiger partial charge on any atom is -0.484 e. The first-order valence-electron chi connectivity index (χ1n) is 6.44. The maximum Gasteiger partial charge on any atom is 0.262 e. The van der Waals surface area contributed by atoms with Crippen LogP contribution in [-0.2, 0) is 4.79 Å². The number of Topliss-reactive ketones (excluding diaryl/α,β-unsaturated/α-hetero) is 1. The van der Waals surface area contributed by atoms with Crippen LogP contribution in [0.4, 0.5) is 10.1 Å². The molecule has 0 spiro atoms. The van der Waals surface area contributed by atoms with Crippen LogP contribution >= 0.6 is 15.9 Å². The molecule has 0 radical (unpaired) electrons. The number of benzene rings is 2. The van der Waals surface area contributed by atoms with Gasteiger partial charge < -0.3 is 10.1 Å². The number of ether oxygens (including phenoxy) is 1. The molecular formula is C16H13BrFNO3. The van der Waals surface area contributed by atoms with Crippen molar-refractivity contribution in [3.05, 3.63) is 58.3 Å². The molecule has 2 rings (SSSR count). The van der Waals surface area contributed by atoms with Gasteiger partial charge in [0.2, 0.25) is 0 Å². The molecule has 0 heterocycles. The molecule has 0 atom stereocenters. The van der Waals surface area contributed by atoms with Gasteiger partial charge in [-0.1, -0.05) is 0 Å². The molecule has 114 valence electrons. The van der Waals surface area contributed by atoms with Gasteiger partial charge in [0.1, 0.15) is 11.6 Å². The van der Waals surface area contributed by atoms with Crippen molar-refractivity contribution in [3.8, 4) is 5.75 Å². The predicted molar refractivity (Wildman–Crippen MR) is 84.7 cm³/mol. The molecule has 22 heavy (non-hydrogen) atoms. The fraction of sp³-hybridized carbons (Fsp3) is 0.125. The highest BCUT2D eigenvalue weighted by Gasteiger charge is 2.08. The minimum absolute atomic E-state index is 0.0366. The number of ketones is 1. The second-order valence-corrected chi connectivity index (χ2v) is 5.40. The van der Waals surface area contributed by atoms with Gasteiger partial charge in [-0.25, -0.2) is 4.39 Å². The second kappa shape index (κ2) is 7.17. The smallest absolute Gasteiger partial charge is 0.262 e. The third-order valence-corrected chi connectivity index (χ3v) is 3.49. The van der Waals surface area contributed by atoms with Crippen molar-refractivity contribution in [2.24, 2.45) is 0 Å². The van der Waals surface area contributed by atoms with Crippen LogP contribution in [0.25, 0.3) is 0 Å². The number of anilines is 1. The van der Waals surface area contributed by atoms with E-state index < -0.39 is 5.82 Å². The Morgan fingerprint density at radius 3 is 2.45 bits per heavy atom. The summed E-state index contributed by atoms with van der Waals surface area (Å²) in [5.41, 5.74) is 1.04. The summed E-state index contributed by atoms with van der Waals surface area (Å²) in [6, 6.07) is 10.5. The zero-order valence-electron chi connectivity index (χ0n) is 11.7. The standard InChI is InChI=1S/C16H13BrFNO3/c1-10(20)11-2-5-13(6-3-11)22-9-16(21)19-15-7-4-12(18)8-14(15)17/h2-8H,9H2,1H3,(H,19,21). The van der Waals surface area contributed by atoms with E-state index in [1.54, 1.807) is 24.3 Å². The van der Waals surface area contributed by atoms with Crippen LogP contribution in [0, 0.1) is 5.82 Å². The molecule has 0 fully saturated rings. The molecule has 1 amide bonds. The topological polar surface area (TPSA) is 55.4 Å². The molecule has 0 saturated carbocycles. The van der Waals surface area contributed by atoms with Crippen molar-refractivity contribution in [2.45, 2.75) is 6.92 Å². The molecule has 0 aliphatic rings. The number of amides is 1. The van der Waals surface area contributed by atoms with Gasteiger partial charge in [0.25, 0.3) is 5.91 Å². The fourth-order valence-electron chi connectivity index (χ4n) is 1.71. The van der Waals surface area contributed by atoms with Gasteiger partial charge in [0.05, 0.1) is 5.69 Å². The monoisotopic (exact) mass is 365 g/mol. The normalized spacial score (nSPS) is 10.1. The van der Waals surface area contributed by atoms with Gasteiger partial charge in [-0.05, 0) is 65.3 Å². The first-order valence-corrected chi connectivity index (χ1v) is 7.23. The lowest BCUT2D eigenvalue weighted by Crippen LogP contribution is -2.20. The molecule has 4 nitrogen and oxygen atoms in total. The molecule has 1 N–H and O–H groups in total. The van der Waals surface area contributed by atoms with E-state index in [1.165, 1.54) is 25.1 Å². The molecule has 6 heteroatoms. The minimum atomic E-state index is -0.397. The summed E-state index contributed by atoms with van der Waals surface area (Å²) in [5.74, 6) is -0.321. The van der Waals surface area contributed by atoms with Crippen LogP contribution < -0.4 is 10.1 Å². The van der Waals surface area contributed by atoms with Crippen molar-refractivity contribution in [1.29, 1.82) is 0 Å². The maximum atomic E-state index is 13.0. The molecule has 2 aromatic carbocycles. The van der Waals surface area contributed by atoms with Crippen molar-refractivity contribution in [2.75, 3.05) is 11.9 Å². The Labute approximate surface area is 135 Å². The van der Waals surface area contributed by atoms with Crippen molar-refractivity contribution in [1.82, 2.24) is 0 Å². The summed E-state index contributed by atoms with van der Waals surface area (Å²) >= 11 is 3.17. The SMILES string of the molecule is CC(=O)c1ccc(OCC(=O)Nc2ccc(F)cc2Br)cc1. The first kappa shape index (κ1) is 16.2. The van der Waals surface area contributed by atoms with Crippen molar-refractivity contribution >= 4 is 33.3 Å². The lowest BCUT2D eigenvalue weighted by Gasteiger charge is -2.09. The molecule has 0 saturated heterocycles. The van der Waals surface area contributed by atoms with E-state index in [2.05, 4.69) is 21.2 Å². The Balaban J connectivity index is 1.91. The largest absolute Gasteiger partial charge is 0.484 e. The summed E-state index contributed by atoms with van der Waals surface area (Å²) in [4.78, 5) is 22.9. The van der Waals surface area contributed by atoms with Crippen molar-refractivity contribution in [3.63, 3.8) is 0 Å². The molecule has 0 aliphatic carbocycles. The summed E-state index contributed by atoms with van der Waals surface area (Å²) in [7, 11) is 0. The van der Waals surface area contributed by atoms with Crippen LogP contribution in [0.15, 0.2) is 46.9 Å². The van der Waals surface area contributed by atoms with Gasteiger partial charge in [-0.2, -0.15) is 0 Å². The Morgan fingerprint density at radius 1 is 1.18 bits per heavy atom. The lowest BCUT2D eigenvalue weighted by atomic mass is 10.1. The molecule has 0 aliphatic heterocycles. The van der Waals surface area contributed by atoms with Crippen LogP contribution in [0.1, 0.15) is 17.3 Å². The van der Waals surface area contributed by atoms with Gasteiger partial charge in [-0.3, -0.25) is 9.59 Å². The molecular weight excluding hydrogens is 353 g/mol. The zero-order chi connectivity index (χ0) is 16.1. The van der Waals surface area contributed by atoms with Crippen LogP contribution in [-0.4, -0.2) is 18.3 Å². The van der Waals surface area contributed by atoms with E-state index >= 15 is 0 Å². The van der Waals surface area contributed by atoms with Crippen LogP contribution in [0.3, 0.4) is 0 Å². The predicted octanol–water partition coefficient (Wildman–Crippen LogP) is 3.81. The highest BCUT2D eigenvalue weighted by molar-refractivity contribution is 9.10. The van der Waals surface area contributed by atoms with Crippen LogP contribution in [0.2, 0.25) is 0 Å². The Morgan fingerprint density at radius 2 is 1.86 bits per heavy atom. The third kappa shape index (κ3) is 4.39. The summed E-state index contributed by atoms with van der Waals surface area (Å²) in [6.07, 6.45) is 0. The quantitative estimate of drug-likeness (QED) is 0.819. The number of carbonyl (C=O) groups excluding carboxylic acids is 2. The summed E-state index contributed by atoms with van der Waals surface area (Å²) in [5, 5.41) is 2.61. The Bertz CT molecular complexity index is 701. The molecule has 0 unspecified atom stereocenters. The number of hydrogen-bond acceptors (Lipinski definition) is 3. The number of rotatable bonds is 5. The lowest BCUT2D eigenvalue weighted by molar-refractivity contribution is -0.118. The fourth-order valence-corrected chi connectivity index (χ4v) is 2.16. The van der Waals surface area contributed by atoms with Gasteiger partial charge in [0.15, 0.2) is 12.4 Å². The third-order valence-electron chi connectivity index (χ3n) is 2.84. The summed E-state index contributed by atoms with van der Waals surface area (Å²) in [6.45, 7) is 1.28. The highest BCUT2D eigenvalue weighted by Crippen LogP contribution is 2.23. The van der Waals surface area contributed by atoms with E-state index in [-0.39, 0.29) is 18.3 Å². The van der Waals surface area contributed by atoms with Gasteiger partial charge in [0, 0.05) is 10.0 Å². The number of nitrogens with one attached hydrogen (secondary N) is 1. The Hall–Kier alpha value is -2.21. The van der Waals surface area contributed by atoms with E-state index in [9.17, 15) is 14.0 Å². The molecule has 0 aromatic heterocycles. The molecule has 0 bridgehead atoms. The second-order valence-electron chi connectivity index (χ2n) is 4.54. The number of hydrogen-bond donors (Lipinski definition) is 1. The number of carbonyl (C=O) groups is 2. The average molecular weight is 366 g/mol. The van der Waals surface area contributed by atoms with E-state index in [0.29, 0.717) is 21.5 Å².